The molecule has 2 atom stereocenters. The molecule has 0 aliphatic heterocycles. The van der Waals surface area contributed by atoms with E-state index in [-0.39, 0.29) is 0 Å². The summed E-state index contributed by atoms with van der Waals surface area (Å²) >= 11 is 0. The van der Waals surface area contributed by atoms with Crippen molar-refractivity contribution in [3.8, 4) is 0 Å². The van der Waals surface area contributed by atoms with E-state index < -0.39 is 0 Å². The van der Waals surface area contributed by atoms with Gasteiger partial charge in [0, 0.05) is 23.5 Å². The van der Waals surface area contributed by atoms with Crippen LogP contribution in [0.5, 0.6) is 0 Å². The van der Waals surface area contributed by atoms with Gasteiger partial charge in [-0.05, 0) is 31.7 Å². The van der Waals surface area contributed by atoms with Crippen molar-refractivity contribution in [2.75, 3.05) is 0 Å². The van der Waals surface area contributed by atoms with Crippen molar-refractivity contribution >= 4 is 11.0 Å². The highest BCUT2D eigenvalue weighted by molar-refractivity contribution is 5.82. The first-order valence-electron chi connectivity index (χ1n) is 7.96. The van der Waals surface area contributed by atoms with Gasteiger partial charge < -0.3 is 9.73 Å². The zero-order valence-electron chi connectivity index (χ0n) is 12.6. The summed E-state index contributed by atoms with van der Waals surface area (Å²) < 4.78 is 5.85. The molecule has 0 amide bonds. The Morgan fingerprint density at radius 2 is 1.95 bits per heavy atom. The maximum absolute atomic E-state index is 5.85. The van der Waals surface area contributed by atoms with Crippen molar-refractivity contribution in [1.82, 2.24) is 5.32 Å². The molecule has 1 heterocycles. The van der Waals surface area contributed by atoms with E-state index in [2.05, 4.69) is 37.4 Å². The zero-order valence-corrected chi connectivity index (χ0v) is 12.6. The number of aryl methyl sites for hydroxylation is 1. The Balaban J connectivity index is 1.74. The van der Waals surface area contributed by atoms with E-state index >= 15 is 0 Å². The lowest BCUT2D eigenvalue weighted by Crippen LogP contribution is -2.33. The summed E-state index contributed by atoms with van der Waals surface area (Å²) in [6.45, 7) is 5.40. The molecule has 2 nitrogen and oxygen atoms in total. The van der Waals surface area contributed by atoms with Crippen LogP contribution >= 0.6 is 0 Å². The van der Waals surface area contributed by atoms with Crippen LogP contribution in [0.1, 0.15) is 50.4 Å². The van der Waals surface area contributed by atoms with E-state index in [0.717, 1.165) is 23.8 Å². The number of nitrogens with one attached hydrogen (secondary N) is 1. The van der Waals surface area contributed by atoms with Gasteiger partial charge in [-0.1, -0.05) is 44.4 Å². The quantitative estimate of drug-likeness (QED) is 0.811. The molecular weight excluding hydrogens is 246 g/mol. The molecule has 1 aromatic carbocycles. The lowest BCUT2D eigenvalue weighted by Gasteiger charge is -2.22. The SMILES string of the molecule is Cc1oc2ccccc2c1CNC1CCCCCC1C. The predicted molar refractivity (Wildman–Crippen MR) is 83.8 cm³/mol. The molecule has 1 fully saturated rings. The predicted octanol–water partition coefficient (Wildman–Crippen LogP) is 4.80. The molecule has 20 heavy (non-hydrogen) atoms. The van der Waals surface area contributed by atoms with Gasteiger partial charge in [0.2, 0.25) is 0 Å². The molecule has 1 N–H and O–H groups in total. The van der Waals surface area contributed by atoms with E-state index in [1.54, 1.807) is 0 Å². The van der Waals surface area contributed by atoms with E-state index in [1.807, 2.05) is 6.07 Å². The Kier molecular flexibility index (Phi) is 4.11. The average molecular weight is 271 g/mol. The van der Waals surface area contributed by atoms with Gasteiger partial charge in [-0.2, -0.15) is 0 Å². The fraction of sp³-hybridized carbons (Fsp3) is 0.556. The summed E-state index contributed by atoms with van der Waals surface area (Å²) in [5.41, 5.74) is 2.34. The molecule has 3 rings (SSSR count). The number of hydrogen-bond donors (Lipinski definition) is 1. The number of para-hydroxylation sites is 1. The van der Waals surface area contributed by atoms with Gasteiger partial charge in [0.15, 0.2) is 0 Å². The van der Waals surface area contributed by atoms with Crippen LogP contribution in [0.3, 0.4) is 0 Å². The van der Waals surface area contributed by atoms with Crippen molar-refractivity contribution in [1.29, 1.82) is 0 Å². The van der Waals surface area contributed by atoms with Crippen molar-refractivity contribution < 1.29 is 4.42 Å². The molecule has 2 aromatic rings. The van der Waals surface area contributed by atoms with Crippen LogP contribution in [-0.2, 0) is 6.54 Å². The molecule has 0 spiro atoms. The monoisotopic (exact) mass is 271 g/mol. The van der Waals surface area contributed by atoms with Gasteiger partial charge in [0.05, 0.1) is 0 Å². The van der Waals surface area contributed by atoms with E-state index in [9.17, 15) is 0 Å². The minimum absolute atomic E-state index is 0.658. The van der Waals surface area contributed by atoms with Crippen LogP contribution in [0, 0.1) is 12.8 Å². The van der Waals surface area contributed by atoms with Gasteiger partial charge in [0.25, 0.3) is 0 Å². The molecule has 1 aliphatic carbocycles. The summed E-state index contributed by atoms with van der Waals surface area (Å²) in [6.07, 6.45) is 6.84. The Morgan fingerprint density at radius 1 is 1.15 bits per heavy atom. The maximum Gasteiger partial charge on any atom is 0.134 e. The van der Waals surface area contributed by atoms with Crippen LogP contribution in [0.4, 0.5) is 0 Å². The summed E-state index contributed by atoms with van der Waals surface area (Å²) in [5.74, 6) is 1.84. The summed E-state index contributed by atoms with van der Waals surface area (Å²) in [4.78, 5) is 0. The van der Waals surface area contributed by atoms with Crippen molar-refractivity contribution in [2.45, 2.75) is 58.5 Å². The van der Waals surface area contributed by atoms with Gasteiger partial charge in [-0.25, -0.2) is 0 Å². The molecular formula is C18H25NO. The van der Waals surface area contributed by atoms with Gasteiger partial charge >= 0.3 is 0 Å². The van der Waals surface area contributed by atoms with Crippen LogP contribution < -0.4 is 5.32 Å². The third-order valence-corrected chi connectivity index (χ3v) is 4.80. The molecule has 0 radical (unpaired) electrons. The first-order valence-corrected chi connectivity index (χ1v) is 7.96. The molecule has 1 aromatic heterocycles. The second kappa shape index (κ2) is 6.01. The highest BCUT2D eigenvalue weighted by atomic mass is 16.3. The number of rotatable bonds is 3. The summed E-state index contributed by atoms with van der Waals surface area (Å²) in [5, 5.41) is 5.05. The van der Waals surface area contributed by atoms with Crippen LogP contribution in [0.2, 0.25) is 0 Å². The Morgan fingerprint density at radius 3 is 2.85 bits per heavy atom. The third kappa shape index (κ3) is 2.76. The minimum Gasteiger partial charge on any atom is -0.461 e. The Bertz CT molecular complexity index is 572. The lowest BCUT2D eigenvalue weighted by atomic mass is 9.96. The first kappa shape index (κ1) is 13.7. The van der Waals surface area contributed by atoms with Crippen LogP contribution in [0.25, 0.3) is 11.0 Å². The average Bonchev–Trinajstić information content (AvgIpc) is 2.62. The van der Waals surface area contributed by atoms with E-state index in [0.29, 0.717) is 6.04 Å². The fourth-order valence-electron chi connectivity index (χ4n) is 3.47. The van der Waals surface area contributed by atoms with Gasteiger partial charge in [-0.3, -0.25) is 0 Å². The Labute approximate surface area is 121 Å². The molecule has 1 aliphatic rings. The van der Waals surface area contributed by atoms with Crippen molar-refractivity contribution in [3.05, 3.63) is 35.6 Å². The molecule has 2 heteroatoms. The summed E-state index contributed by atoms with van der Waals surface area (Å²) in [7, 11) is 0. The topological polar surface area (TPSA) is 25.2 Å². The molecule has 0 bridgehead atoms. The third-order valence-electron chi connectivity index (χ3n) is 4.80. The molecule has 0 saturated heterocycles. The molecule has 1 saturated carbocycles. The second-order valence-corrected chi connectivity index (χ2v) is 6.24. The maximum atomic E-state index is 5.85. The van der Waals surface area contributed by atoms with Gasteiger partial charge in [0.1, 0.15) is 11.3 Å². The zero-order chi connectivity index (χ0) is 13.9. The van der Waals surface area contributed by atoms with E-state index in [1.165, 1.54) is 43.1 Å². The van der Waals surface area contributed by atoms with Crippen LogP contribution in [-0.4, -0.2) is 6.04 Å². The van der Waals surface area contributed by atoms with Crippen molar-refractivity contribution in [2.24, 2.45) is 5.92 Å². The number of benzene rings is 1. The number of hydrogen-bond acceptors (Lipinski definition) is 2. The standard InChI is InChI=1S/C18H25NO/c1-13-8-4-3-5-10-17(13)19-12-16-14(2)20-18-11-7-6-9-15(16)18/h6-7,9,11,13,17,19H,3-5,8,10,12H2,1-2H3. The second-order valence-electron chi connectivity index (χ2n) is 6.24. The first-order chi connectivity index (χ1) is 9.75. The number of fused-ring (bicyclic) bond motifs is 1. The number of furan rings is 1. The molecule has 2 unspecified atom stereocenters. The Hall–Kier alpha value is -1.28. The fourth-order valence-corrected chi connectivity index (χ4v) is 3.47. The minimum atomic E-state index is 0.658. The van der Waals surface area contributed by atoms with Crippen LogP contribution in [0.15, 0.2) is 28.7 Å². The molecule has 108 valence electrons. The normalized spacial score (nSPS) is 23.9. The highest BCUT2D eigenvalue weighted by Gasteiger charge is 2.20. The summed E-state index contributed by atoms with van der Waals surface area (Å²) in [6, 6.07) is 9.01. The van der Waals surface area contributed by atoms with E-state index in [4.69, 9.17) is 4.42 Å². The lowest BCUT2D eigenvalue weighted by molar-refractivity contribution is 0.355. The van der Waals surface area contributed by atoms with Gasteiger partial charge in [-0.15, -0.1) is 0 Å². The largest absolute Gasteiger partial charge is 0.461 e. The smallest absolute Gasteiger partial charge is 0.134 e. The highest BCUT2D eigenvalue weighted by Crippen LogP contribution is 2.27. The van der Waals surface area contributed by atoms with Crippen molar-refractivity contribution in [3.63, 3.8) is 0 Å².